The van der Waals surface area contributed by atoms with Crippen molar-refractivity contribution in [2.24, 2.45) is 5.92 Å². The van der Waals surface area contributed by atoms with Gasteiger partial charge in [0.2, 0.25) is 17.8 Å². The normalized spacial score (nSPS) is 12.8. The lowest BCUT2D eigenvalue weighted by atomic mass is 10.2. The van der Waals surface area contributed by atoms with Crippen molar-refractivity contribution in [2.45, 2.75) is 26.4 Å². The maximum atomic E-state index is 12.3. The molecule has 31 heavy (non-hydrogen) atoms. The molecule has 0 bridgehead atoms. The average molecular weight is 418 g/mol. The average Bonchev–Trinajstić information content (AvgIpc) is 3.59. The minimum atomic E-state index is -0.535. The van der Waals surface area contributed by atoms with E-state index in [4.69, 9.17) is 10.5 Å². The summed E-state index contributed by atoms with van der Waals surface area (Å²) in [5, 5.41) is 5.91. The molecular formula is C22H22N6O3. The van der Waals surface area contributed by atoms with E-state index in [1.807, 2.05) is 31.2 Å². The zero-order valence-corrected chi connectivity index (χ0v) is 17.0. The number of amides is 1. The monoisotopic (exact) mass is 418 g/mol. The summed E-state index contributed by atoms with van der Waals surface area (Å²) in [4.78, 5) is 36.5. The highest BCUT2D eigenvalue weighted by molar-refractivity contribution is 5.95. The minimum absolute atomic E-state index is 0.0119. The lowest BCUT2D eigenvalue weighted by Gasteiger charge is -2.10. The van der Waals surface area contributed by atoms with Gasteiger partial charge in [0.15, 0.2) is 12.4 Å². The van der Waals surface area contributed by atoms with E-state index in [1.54, 1.807) is 24.3 Å². The van der Waals surface area contributed by atoms with Crippen LogP contribution in [-0.2, 0) is 16.1 Å². The number of esters is 1. The second-order valence-corrected chi connectivity index (χ2v) is 7.29. The number of rotatable bonds is 7. The van der Waals surface area contributed by atoms with Crippen molar-refractivity contribution in [3.8, 4) is 0 Å². The molecular weight excluding hydrogens is 396 g/mol. The number of carbonyl (C=O) groups excluding carboxylic acids is 2. The number of nitrogens with two attached hydrogens (primary N) is 1. The van der Waals surface area contributed by atoms with E-state index in [0.717, 1.165) is 24.1 Å². The summed E-state index contributed by atoms with van der Waals surface area (Å²) in [6.45, 7) is 1.80. The van der Waals surface area contributed by atoms with Gasteiger partial charge in [0.1, 0.15) is 0 Å². The van der Waals surface area contributed by atoms with Crippen LogP contribution in [0.25, 0.3) is 0 Å². The van der Waals surface area contributed by atoms with Crippen LogP contribution in [0.4, 0.5) is 23.3 Å². The van der Waals surface area contributed by atoms with Crippen LogP contribution in [0.1, 0.15) is 34.6 Å². The maximum Gasteiger partial charge on any atom is 0.338 e. The van der Waals surface area contributed by atoms with Crippen LogP contribution in [0.2, 0.25) is 0 Å². The Kier molecular flexibility index (Phi) is 5.74. The summed E-state index contributed by atoms with van der Waals surface area (Å²) in [7, 11) is 0. The van der Waals surface area contributed by atoms with Crippen LogP contribution < -0.4 is 16.4 Å². The number of anilines is 4. The maximum absolute atomic E-state index is 12.3. The zero-order valence-electron chi connectivity index (χ0n) is 17.0. The van der Waals surface area contributed by atoms with E-state index in [-0.39, 0.29) is 36.2 Å². The van der Waals surface area contributed by atoms with Gasteiger partial charge in [-0.15, -0.1) is 0 Å². The van der Waals surface area contributed by atoms with Crippen LogP contribution >= 0.6 is 0 Å². The standard InChI is InChI=1S/C22H22N6O3/c1-13-4-2-3-5-17(13)25-22-27-18(26-21(23)28-22)12-31-20(30)15-8-10-16(11-9-15)24-19(29)14-6-7-14/h2-5,8-11,14H,6-7,12H2,1H3,(H,24,29)(H3,23,25,26,27,28). The molecule has 4 N–H and O–H groups in total. The van der Waals surface area contributed by atoms with Gasteiger partial charge >= 0.3 is 5.97 Å². The predicted octanol–water partition coefficient (Wildman–Crippen LogP) is 3.21. The second kappa shape index (κ2) is 8.78. The van der Waals surface area contributed by atoms with Gasteiger partial charge in [-0.25, -0.2) is 4.79 Å². The first-order valence-corrected chi connectivity index (χ1v) is 9.89. The Balaban J connectivity index is 1.37. The van der Waals surface area contributed by atoms with Crippen LogP contribution in [0.5, 0.6) is 0 Å². The number of nitrogens with zero attached hydrogens (tertiary/aromatic N) is 3. The second-order valence-electron chi connectivity index (χ2n) is 7.29. The Morgan fingerprint density at radius 2 is 1.81 bits per heavy atom. The quantitative estimate of drug-likeness (QED) is 0.498. The third kappa shape index (κ3) is 5.33. The Morgan fingerprint density at radius 3 is 2.52 bits per heavy atom. The fraction of sp³-hybridized carbons (Fsp3) is 0.227. The summed E-state index contributed by atoms with van der Waals surface area (Å²) in [6.07, 6.45) is 1.86. The van der Waals surface area contributed by atoms with Gasteiger partial charge in [0, 0.05) is 17.3 Å². The number of aryl methyl sites for hydroxylation is 1. The molecule has 1 fully saturated rings. The van der Waals surface area contributed by atoms with Crippen LogP contribution in [0.3, 0.4) is 0 Å². The summed E-state index contributed by atoms with van der Waals surface area (Å²) in [5.41, 5.74) is 8.63. The predicted molar refractivity (Wildman–Crippen MR) is 116 cm³/mol. The molecule has 1 aromatic heterocycles. The first kappa shape index (κ1) is 20.3. The van der Waals surface area contributed by atoms with Crippen LogP contribution in [0, 0.1) is 12.8 Å². The molecule has 0 radical (unpaired) electrons. The summed E-state index contributed by atoms with van der Waals surface area (Å²) in [6, 6.07) is 14.2. The first-order chi connectivity index (χ1) is 15.0. The number of hydrogen-bond acceptors (Lipinski definition) is 8. The van der Waals surface area contributed by atoms with Crippen molar-refractivity contribution in [1.82, 2.24) is 15.0 Å². The Morgan fingerprint density at radius 1 is 1.06 bits per heavy atom. The van der Waals surface area contributed by atoms with Crippen LogP contribution in [0.15, 0.2) is 48.5 Å². The molecule has 0 atom stereocenters. The molecule has 1 saturated carbocycles. The summed E-state index contributed by atoms with van der Waals surface area (Å²) < 4.78 is 5.30. The van der Waals surface area contributed by atoms with Crippen molar-refractivity contribution >= 4 is 35.1 Å². The van der Waals surface area contributed by atoms with Gasteiger partial charge in [-0.3, -0.25) is 4.79 Å². The molecule has 1 aliphatic rings. The molecule has 0 saturated heterocycles. The van der Waals surface area contributed by atoms with Crippen molar-refractivity contribution < 1.29 is 14.3 Å². The third-order valence-electron chi connectivity index (χ3n) is 4.76. The van der Waals surface area contributed by atoms with E-state index < -0.39 is 5.97 Å². The van der Waals surface area contributed by atoms with Crippen molar-refractivity contribution in [3.63, 3.8) is 0 Å². The smallest absolute Gasteiger partial charge is 0.338 e. The molecule has 1 amide bonds. The van der Waals surface area contributed by atoms with E-state index in [1.165, 1.54) is 0 Å². The Labute approximate surface area is 179 Å². The minimum Gasteiger partial charge on any atom is -0.454 e. The molecule has 158 valence electrons. The van der Waals surface area contributed by atoms with Gasteiger partial charge in [-0.05, 0) is 55.7 Å². The third-order valence-corrected chi connectivity index (χ3v) is 4.76. The number of hydrogen-bond donors (Lipinski definition) is 3. The largest absolute Gasteiger partial charge is 0.454 e. The number of benzene rings is 2. The number of nitrogen functional groups attached to an aromatic ring is 1. The van der Waals surface area contributed by atoms with Crippen molar-refractivity contribution in [1.29, 1.82) is 0 Å². The molecule has 2 aromatic carbocycles. The Hall–Kier alpha value is -4.01. The van der Waals surface area contributed by atoms with Crippen molar-refractivity contribution in [2.75, 3.05) is 16.4 Å². The SMILES string of the molecule is Cc1ccccc1Nc1nc(N)nc(COC(=O)c2ccc(NC(=O)C3CC3)cc2)n1. The topological polar surface area (TPSA) is 132 Å². The summed E-state index contributed by atoms with van der Waals surface area (Å²) in [5.74, 6) is 0.106. The van der Waals surface area contributed by atoms with Crippen LogP contribution in [-0.4, -0.2) is 26.8 Å². The Bertz CT molecular complexity index is 1110. The number of aromatic nitrogens is 3. The highest BCUT2D eigenvalue weighted by Gasteiger charge is 2.29. The van der Waals surface area contributed by atoms with Gasteiger partial charge < -0.3 is 21.1 Å². The summed E-state index contributed by atoms with van der Waals surface area (Å²) >= 11 is 0. The van der Waals surface area contributed by atoms with E-state index in [2.05, 4.69) is 25.6 Å². The number of para-hydroxylation sites is 1. The lowest BCUT2D eigenvalue weighted by molar-refractivity contribution is -0.117. The van der Waals surface area contributed by atoms with E-state index >= 15 is 0 Å². The van der Waals surface area contributed by atoms with Gasteiger partial charge in [0.05, 0.1) is 5.56 Å². The fourth-order valence-corrected chi connectivity index (χ4v) is 2.88. The molecule has 9 nitrogen and oxygen atoms in total. The number of carbonyl (C=O) groups is 2. The molecule has 3 aromatic rings. The fourth-order valence-electron chi connectivity index (χ4n) is 2.88. The molecule has 0 spiro atoms. The molecule has 0 aliphatic heterocycles. The lowest BCUT2D eigenvalue weighted by Crippen LogP contribution is -2.13. The molecule has 1 heterocycles. The highest BCUT2D eigenvalue weighted by atomic mass is 16.5. The number of nitrogens with one attached hydrogen (secondary N) is 2. The van der Waals surface area contributed by atoms with E-state index in [9.17, 15) is 9.59 Å². The highest BCUT2D eigenvalue weighted by Crippen LogP contribution is 2.30. The molecule has 9 heteroatoms. The van der Waals surface area contributed by atoms with E-state index in [0.29, 0.717) is 11.3 Å². The first-order valence-electron chi connectivity index (χ1n) is 9.89. The van der Waals surface area contributed by atoms with Gasteiger partial charge in [-0.1, -0.05) is 18.2 Å². The van der Waals surface area contributed by atoms with Gasteiger partial charge in [-0.2, -0.15) is 15.0 Å². The molecule has 1 aliphatic carbocycles. The zero-order chi connectivity index (χ0) is 21.8. The van der Waals surface area contributed by atoms with Gasteiger partial charge in [0.25, 0.3) is 0 Å². The van der Waals surface area contributed by atoms with Crippen molar-refractivity contribution in [3.05, 3.63) is 65.5 Å². The molecule has 4 rings (SSSR count). The number of ether oxygens (including phenoxy) is 1. The molecule has 0 unspecified atom stereocenters.